The zero-order valence-corrected chi connectivity index (χ0v) is 21.6. The van der Waals surface area contributed by atoms with E-state index in [9.17, 15) is 22.8 Å². The van der Waals surface area contributed by atoms with Crippen molar-refractivity contribution in [3.8, 4) is 16.9 Å². The maximum Gasteiger partial charge on any atom is 0.416 e. The second-order valence-corrected chi connectivity index (χ2v) is 9.08. The summed E-state index contributed by atoms with van der Waals surface area (Å²) in [5, 5.41) is 10.4. The predicted octanol–water partition coefficient (Wildman–Crippen LogP) is 7.09. The molecule has 0 saturated carbocycles. The summed E-state index contributed by atoms with van der Waals surface area (Å²) in [7, 11) is 0. The smallest absolute Gasteiger partial charge is 0.315 e. The minimum atomic E-state index is -4.55. The molecule has 0 unspecified atom stereocenters. The number of alkyl halides is 3. The van der Waals surface area contributed by atoms with Gasteiger partial charge in [0.25, 0.3) is 0 Å². The third kappa shape index (κ3) is 7.17. The van der Waals surface area contributed by atoms with Crippen LogP contribution in [-0.2, 0) is 11.0 Å². The summed E-state index contributed by atoms with van der Waals surface area (Å²) in [6, 6.07) is 21.7. The number of nitrogens with zero attached hydrogens (tertiary/aromatic N) is 3. The van der Waals surface area contributed by atoms with Gasteiger partial charge >= 0.3 is 12.2 Å². The minimum Gasteiger partial charge on any atom is -0.315 e. The van der Waals surface area contributed by atoms with E-state index in [1.165, 1.54) is 17.0 Å². The van der Waals surface area contributed by atoms with Crippen LogP contribution in [0.5, 0.6) is 0 Å². The average molecular weight is 556 g/mol. The molecule has 0 radical (unpaired) electrons. The Morgan fingerprint density at radius 3 is 2.33 bits per heavy atom. The number of nitrogens with one attached hydrogen (secondary N) is 2. The summed E-state index contributed by atoms with van der Waals surface area (Å²) in [6.45, 7) is 1.71. The van der Waals surface area contributed by atoms with Gasteiger partial charge in [0.05, 0.1) is 16.9 Å². The first-order valence-electron chi connectivity index (χ1n) is 12.1. The molecule has 202 valence electrons. The molecular formula is C28H25ClF3N5O2. The molecule has 7 nitrogen and oxygen atoms in total. The normalized spacial score (nSPS) is 11.2. The van der Waals surface area contributed by atoms with E-state index in [0.29, 0.717) is 28.6 Å². The quantitative estimate of drug-likeness (QED) is 0.243. The van der Waals surface area contributed by atoms with Crippen molar-refractivity contribution in [3.05, 3.63) is 95.5 Å². The van der Waals surface area contributed by atoms with Crippen LogP contribution in [0, 0.1) is 0 Å². The maximum atomic E-state index is 13.1. The molecule has 0 bridgehead atoms. The second kappa shape index (κ2) is 12.0. The van der Waals surface area contributed by atoms with Gasteiger partial charge in [0, 0.05) is 28.9 Å². The van der Waals surface area contributed by atoms with Crippen LogP contribution in [0.1, 0.15) is 18.9 Å². The van der Waals surface area contributed by atoms with Gasteiger partial charge in [0.1, 0.15) is 12.4 Å². The molecule has 0 fully saturated rings. The number of benzene rings is 3. The summed E-state index contributed by atoms with van der Waals surface area (Å²) in [6.07, 6.45) is -4.01. The van der Waals surface area contributed by atoms with Crippen molar-refractivity contribution < 1.29 is 22.8 Å². The Hall–Kier alpha value is -4.31. The largest absolute Gasteiger partial charge is 0.416 e. The van der Waals surface area contributed by atoms with Crippen LogP contribution in [0.2, 0.25) is 5.02 Å². The van der Waals surface area contributed by atoms with Crippen molar-refractivity contribution >= 4 is 35.0 Å². The third-order valence-corrected chi connectivity index (χ3v) is 5.93. The SMILES string of the molecule is CCCN(CC(=O)Nc1cc(-c2ccccc2)nn1-c1ccc(Cl)cc1)C(=O)Nc1cccc(C(F)(F)F)c1. The molecular weight excluding hydrogens is 531 g/mol. The van der Waals surface area contributed by atoms with Crippen LogP contribution in [0.3, 0.4) is 0 Å². The van der Waals surface area contributed by atoms with Crippen LogP contribution in [0.4, 0.5) is 29.5 Å². The van der Waals surface area contributed by atoms with E-state index < -0.39 is 23.7 Å². The number of amides is 3. The molecule has 39 heavy (non-hydrogen) atoms. The Labute approximate surface area is 228 Å². The van der Waals surface area contributed by atoms with Crippen molar-refractivity contribution in [2.75, 3.05) is 23.7 Å². The Bertz CT molecular complexity index is 1440. The molecule has 3 aromatic carbocycles. The number of aromatic nitrogens is 2. The van der Waals surface area contributed by atoms with Crippen molar-refractivity contribution in [1.82, 2.24) is 14.7 Å². The number of carbonyl (C=O) groups excluding carboxylic acids is 2. The van der Waals surface area contributed by atoms with Gasteiger partial charge in [-0.3, -0.25) is 4.79 Å². The van der Waals surface area contributed by atoms with Crippen molar-refractivity contribution in [2.45, 2.75) is 19.5 Å². The number of hydrogen-bond acceptors (Lipinski definition) is 3. The fraction of sp³-hybridized carbons (Fsp3) is 0.179. The van der Waals surface area contributed by atoms with Gasteiger partial charge in [0.2, 0.25) is 5.91 Å². The molecule has 0 atom stereocenters. The van der Waals surface area contributed by atoms with Gasteiger partial charge in [-0.2, -0.15) is 18.3 Å². The fourth-order valence-electron chi connectivity index (χ4n) is 3.85. The Morgan fingerprint density at radius 1 is 0.949 bits per heavy atom. The summed E-state index contributed by atoms with van der Waals surface area (Å²) < 4.78 is 40.7. The van der Waals surface area contributed by atoms with E-state index in [1.54, 1.807) is 35.0 Å². The van der Waals surface area contributed by atoms with Crippen LogP contribution in [0.15, 0.2) is 84.9 Å². The average Bonchev–Trinajstić information content (AvgIpc) is 3.32. The van der Waals surface area contributed by atoms with Crippen molar-refractivity contribution in [2.24, 2.45) is 0 Å². The van der Waals surface area contributed by atoms with Crippen LogP contribution < -0.4 is 10.6 Å². The highest BCUT2D eigenvalue weighted by Crippen LogP contribution is 2.31. The zero-order chi connectivity index (χ0) is 28.0. The lowest BCUT2D eigenvalue weighted by atomic mass is 10.1. The first-order chi connectivity index (χ1) is 18.6. The highest BCUT2D eigenvalue weighted by Gasteiger charge is 2.30. The first-order valence-corrected chi connectivity index (χ1v) is 12.5. The Balaban J connectivity index is 1.53. The van der Waals surface area contributed by atoms with Crippen LogP contribution in [-0.4, -0.2) is 39.7 Å². The maximum absolute atomic E-state index is 13.1. The third-order valence-electron chi connectivity index (χ3n) is 5.67. The standard InChI is InChI=1S/C28H25ClF3N5O2/c1-2-15-36(27(39)33-22-10-6-9-20(16-22)28(30,31)32)18-26(38)34-25-17-24(19-7-4-3-5-8-19)35-37(25)23-13-11-21(29)12-14-23/h3-14,16-17H,2,15,18H2,1H3,(H,33,39)(H,34,38). The van der Waals surface area contributed by atoms with Gasteiger partial charge in [0.15, 0.2) is 0 Å². The van der Waals surface area contributed by atoms with Crippen molar-refractivity contribution in [3.63, 3.8) is 0 Å². The molecule has 11 heteroatoms. The lowest BCUT2D eigenvalue weighted by Crippen LogP contribution is -2.41. The molecule has 1 heterocycles. The number of hydrogen-bond donors (Lipinski definition) is 2. The molecule has 4 aromatic rings. The summed E-state index contributed by atoms with van der Waals surface area (Å²) in [4.78, 5) is 27.2. The molecule has 0 aliphatic carbocycles. The highest BCUT2D eigenvalue weighted by molar-refractivity contribution is 6.30. The van der Waals surface area contributed by atoms with E-state index in [2.05, 4.69) is 15.7 Å². The lowest BCUT2D eigenvalue weighted by molar-refractivity contribution is -0.137. The molecule has 3 amide bonds. The second-order valence-electron chi connectivity index (χ2n) is 8.65. The molecule has 0 aliphatic heterocycles. The van der Waals surface area contributed by atoms with Gasteiger partial charge in [-0.25, -0.2) is 9.48 Å². The number of rotatable bonds is 8. The number of halogens is 4. The van der Waals surface area contributed by atoms with E-state index in [4.69, 9.17) is 11.6 Å². The van der Waals surface area contributed by atoms with E-state index in [-0.39, 0.29) is 18.8 Å². The summed E-state index contributed by atoms with van der Waals surface area (Å²) in [5.74, 6) is -0.131. The molecule has 0 aliphatic rings. The number of anilines is 2. The van der Waals surface area contributed by atoms with E-state index in [1.807, 2.05) is 37.3 Å². The lowest BCUT2D eigenvalue weighted by Gasteiger charge is -2.22. The van der Waals surface area contributed by atoms with Crippen LogP contribution >= 0.6 is 11.6 Å². The number of urea groups is 1. The molecule has 4 rings (SSSR count). The minimum absolute atomic E-state index is 0.0235. The highest BCUT2D eigenvalue weighted by atomic mass is 35.5. The van der Waals surface area contributed by atoms with Gasteiger partial charge in [-0.15, -0.1) is 0 Å². The van der Waals surface area contributed by atoms with Crippen molar-refractivity contribution in [1.29, 1.82) is 0 Å². The molecule has 1 aromatic heterocycles. The molecule has 2 N–H and O–H groups in total. The Morgan fingerprint density at radius 2 is 1.67 bits per heavy atom. The van der Waals surface area contributed by atoms with Gasteiger partial charge < -0.3 is 15.5 Å². The van der Waals surface area contributed by atoms with Gasteiger partial charge in [-0.05, 0) is 48.9 Å². The van der Waals surface area contributed by atoms with Crippen LogP contribution in [0.25, 0.3) is 16.9 Å². The molecule has 0 spiro atoms. The topological polar surface area (TPSA) is 79.3 Å². The fourth-order valence-corrected chi connectivity index (χ4v) is 3.98. The van der Waals surface area contributed by atoms with Gasteiger partial charge in [-0.1, -0.05) is 54.9 Å². The zero-order valence-electron chi connectivity index (χ0n) is 20.9. The summed E-state index contributed by atoms with van der Waals surface area (Å²) in [5.41, 5.74) is 1.21. The predicted molar refractivity (Wildman–Crippen MR) is 145 cm³/mol. The number of carbonyl (C=O) groups is 2. The van der Waals surface area contributed by atoms with E-state index >= 15 is 0 Å². The summed E-state index contributed by atoms with van der Waals surface area (Å²) >= 11 is 6.03. The van der Waals surface area contributed by atoms with E-state index in [0.717, 1.165) is 17.7 Å². The monoisotopic (exact) mass is 555 g/mol. The Kier molecular flexibility index (Phi) is 8.55. The first kappa shape index (κ1) is 27.7. The molecule has 0 saturated heterocycles.